The van der Waals surface area contributed by atoms with Gasteiger partial charge < -0.3 is 9.47 Å². The van der Waals surface area contributed by atoms with Crippen molar-refractivity contribution < 1.29 is 9.47 Å². The van der Waals surface area contributed by atoms with Crippen LogP contribution < -0.4 is 9.47 Å². The minimum atomic E-state index is 0.698. The van der Waals surface area contributed by atoms with Crippen LogP contribution in [0.4, 0.5) is 0 Å². The van der Waals surface area contributed by atoms with E-state index in [1.807, 2.05) is 0 Å². The maximum atomic E-state index is 6.55. The molecule has 0 aliphatic carbocycles. The van der Waals surface area contributed by atoms with E-state index < -0.39 is 0 Å². The van der Waals surface area contributed by atoms with E-state index in [2.05, 4.69) is 138 Å². The van der Waals surface area contributed by atoms with Crippen molar-refractivity contribution in [2.75, 3.05) is 13.2 Å². The second-order valence-electron chi connectivity index (χ2n) is 12.3. The van der Waals surface area contributed by atoms with Crippen LogP contribution in [0.2, 0.25) is 0 Å². The Labute approximate surface area is 271 Å². The molecule has 0 bridgehead atoms. The predicted octanol–water partition coefficient (Wildman–Crippen LogP) is 12.4. The second-order valence-corrected chi connectivity index (χ2v) is 12.3. The Balaban J connectivity index is 1.54. The molecule has 5 aromatic rings. The van der Waals surface area contributed by atoms with E-state index in [0.29, 0.717) is 13.2 Å². The summed E-state index contributed by atoms with van der Waals surface area (Å²) in [6.45, 7) is 12.3. The molecule has 232 valence electrons. The molecule has 2 heteroatoms. The van der Waals surface area contributed by atoms with Gasteiger partial charge in [0.05, 0.1) is 13.2 Å². The summed E-state index contributed by atoms with van der Waals surface area (Å²) in [5, 5.41) is 0. The van der Waals surface area contributed by atoms with E-state index in [4.69, 9.17) is 9.47 Å². The molecule has 0 N–H and O–H groups in total. The van der Waals surface area contributed by atoms with Crippen molar-refractivity contribution in [2.45, 2.75) is 73.1 Å². The summed E-state index contributed by atoms with van der Waals surface area (Å²) in [7, 11) is 0. The molecule has 5 rings (SSSR count). The molecule has 2 nitrogen and oxygen atoms in total. The first kappa shape index (κ1) is 32.1. The molecule has 0 aromatic heterocycles. The van der Waals surface area contributed by atoms with Crippen LogP contribution in [0.5, 0.6) is 11.5 Å². The first-order valence-electron chi connectivity index (χ1n) is 16.8. The van der Waals surface area contributed by atoms with Crippen LogP contribution in [-0.4, -0.2) is 13.2 Å². The summed E-state index contributed by atoms with van der Waals surface area (Å²) in [5.74, 6) is 1.81. The maximum absolute atomic E-state index is 6.55. The predicted molar refractivity (Wildman–Crippen MR) is 192 cm³/mol. The van der Waals surface area contributed by atoms with Crippen LogP contribution in [-0.2, 0) is 0 Å². The van der Waals surface area contributed by atoms with Crippen molar-refractivity contribution in [3.8, 4) is 56.0 Å². The lowest BCUT2D eigenvalue weighted by atomic mass is 9.94. The minimum absolute atomic E-state index is 0.698. The smallest absolute Gasteiger partial charge is 0.128 e. The average molecular weight is 597 g/mol. The van der Waals surface area contributed by atoms with Gasteiger partial charge >= 0.3 is 0 Å². The Morgan fingerprint density at radius 3 is 1.24 bits per heavy atom. The van der Waals surface area contributed by atoms with Crippen LogP contribution in [0.1, 0.15) is 69.1 Å². The zero-order valence-electron chi connectivity index (χ0n) is 27.8. The van der Waals surface area contributed by atoms with Crippen molar-refractivity contribution in [1.29, 1.82) is 0 Å². The molecule has 0 saturated heterocycles. The fraction of sp³-hybridized carbons (Fsp3) is 0.302. The Bertz CT molecular complexity index is 1660. The molecule has 0 unspecified atom stereocenters. The third kappa shape index (κ3) is 8.25. The van der Waals surface area contributed by atoms with Gasteiger partial charge in [-0.1, -0.05) is 142 Å². The van der Waals surface area contributed by atoms with Crippen molar-refractivity contribution in [3.63, 3.8) is 0 Å². The maximum Gasteiger partial charge on any atom is 0.128 e. The summed E-state index contributed by atoms with van der Waals surface area (Å²) in [4.78, 5) is 0. The van der Waals surface area contributed by atoms with Gasteiger partial charge in [-0.3, -0.25) is 0 Å². The van der Waals surface area contributed by atoms with E-state index in [1.165, 1.54) is 51.8 Å². The lowest BCUT2D eigenvalue weighted by Gasteiger charge is -2.19. The topological polar surface area (TPSA) is 18.5 Å². The Morgan fingerprint density at radius 2 is 0.800 bits per heavy atom. The first-order chi connectivity index (χ1) is 22.0. The monoisotopic (exact) mass is 596 g/mol. The summed E-state index contributed by atoms with van der Waals surface area (Å²) >= 11 is 0. The lowest BCUT2D eigenvalue weighted by molar-refractivity contribution is 0.300. The van der Waals surface area contributed by atoms with Crippen LogP contribution >= 0.6 is 0 Å². The van der Waals surface area contributed by atoms with Crippen LogP contribution in [0, 0.1) is 20.8 Å². The number of ether oxygens (including phenoxy) is 2. The van der Waals surface area contributed by atoms with Gasteiger partial charge in [-0.25, -0.2) is 0 Å². The molecule has 0 spiro atoms. The van der Waals surface area contributed by atoms with E-state index in [1.54, 1.807) is 0 Å². The molecule has 0 heterocycles. The molecular formula is C43H48O2. The van der Waals surface area contributed by atoms with Gasteiger partial charge in [0.1, 0.15) is 11.5 Å². The highest BCUT2D eigenvalue weighted by Crippen LogP contribution is 2.42. The molecular weight excluding hydrogens is 548 g/mol. The highest BCUT2D eigenvalue weighted by Gasteiger charge is 2.17. The van der Waals surface area contributed by atoms with E-state index in [9.17, 15) is 0 Å². The second kappa shape index (κ2) is 15.6. The number of aryl methyl sites for hydroxylation is 3. The number of unbranched alkanes of at least 4 members (excludes halogenated alkanes) is 4. The summed E-state index contributed by atoms with van der Waals surface area (Å²) < 4.78 is 13.1. The quantitative estimate of drug-likeness (QED) is 0.119. The molecule has 0 aliphatic rings. The summed E-state index contributed by atoms with van der Waals surface area (Å²) in [6.07, 6.45) is 6.73. The fourth-order valence-electron chi connectivity index (χ4n) is 5.87. The third-order valence-corrected chi connectivity index (χ3v) is 8.56. The highest BCUT2D eigenvalue weighted by molar-refractivity contribution is 5.83. The molecule has 0 aliphatic heterocycles. The lowest BCUT2D eigenvalue weighted by Crippen LogP contribution is -2.03. The molecule has 5 aromatic carbocycles. The van der Waals surface area contributed by atoms with Crippen LogP contribution in [0.25, 0.3) is 44.5 Å². The largest absolute Gasteiger partial charge is 0.493 e. The van der Waals surface area contributed by atoms with Crippen molar-refractivity contribution in [3.05, 3.63) is 120 Å². The molecule has 0 radical (unpaired) electrons. The van der Waals surface area contributed by atoms with Crippen molar-refractivity contribution in [2.24, 2.45) is 0 Å². The summed E-state index contributed by atoms with van der Waals surface area (Å²) in [5.41, 5.74) is 13.2. The third-order valence-electron chi connectivity index (χ3n) is 8.56. The normalized spacial score (nSPS) is 11.0. The van der Waals surface area contributed by atoms with Gasteiger partial charge in [-0.05, 0) is 84.7 Å². The van der Waals surface area contributed by atoms with Crippen molar-refractivity contribution in [1.82, 2.24) is 0 Å². The molecule has 0 fully saturated rings. The molecule has 0 atom stereocenters. The first-order valence-corrected chi connectivity index (χ1v) is 16.8. The van der Waals surface area contributed by atoms with Gasteiger partial charge in [0, 0.05) is 11.1 Å². The van der Waals surface area contributed by atoms with Gasteiger partial charge in [-0.2, -0.15) is 0 Å². The SMILES string of the molecule is CCCCCOc1cc(-c2ccc(-c3ccc(C)cc3C)cc2)c(OCCCCC)cc1-c1ccc(-c2ccc(C)cc2)cc1. The Morgan fingerprint density at radius 1 is 0.400 bits per heavy atom. The fourth-order valence-corrected chi connectivity index (χ4v) is 5.87. The van der Waals surface area contributed by atoms with Crippen LogP contribution in [0.15, 0.2) is 103 Å². The van der Waals surface area contributed by atoms with E-state index >= 15 is 0 Å². The minimum Gasteiger partial charge on any atom is -0.493 e. The zero-order valence-corrected chi connectivity index (χ0v) is 27.8. The number of hydrogen-bond acceptors (Lipinski definition) is 2. The van der Waals surface area contributed by atoms with Gasteiger partial charge in [0.25, 0.3) is 0 Å². The number of rotatable bonds is 14. The Hall–Kier alpha value is -4.30. The van der Waals surface area contributed by atoms with Gasteiger partial charge in [0.15, 0.2) is 0 Å². The number of hydrogen-bond donors (Lipinski definition) is 0. The summed E-state index contributed by atoms with van der Waals surface area (Å²) in [6, 6.07) is 37.5. The van der Waals surface area contributed by atoms with E-state index in [-0.39, 0.29) is 0 Å². The molecule has 0 amide bonds. The standard InChI is InChI=1S/C43H48O2/c1-6-8-10-26-44-42-30-41(38-23-21-36(22-24-38)39-25-14-32(4)28-33(39)5)43(45-27-11-9-7-2)29-40(42)37-19-17-35(18-20-37)34-15-12-31(3)13-16-34/h12-25,28-30H,6-11,26-27H2,1-5H3. The highest BCUT2D eigenvalue weighted by atomic mass is 16.5. The van der Waals surface area contributed by atoms with Gasteiger partial charge in [-0.15, -0.1) is 0 Å². The average Bonchev–Trinajstić information content (AvgIpc) is 3.06. The van der Waals surface area contributed by atoms with Gasteiger partial charge in [0.2, 0.25) is 0 Å². The zero-order chi connectivity index (χ0) is 31.6. The van der Waals surface area contributed by atoms with Crippen LogP contribution in [0.3, 0.4) is 0 Å². The van der Waals surface area contributed by atoms with Crippen molar-refractivity contribution >= 4 is 0 Å². The van der Waals surface area contributed by atoms with E-state index in [0.717, 1.165) is 59.4 Å². The molecule has 45 heavy (non-hydrogen) atoms. The Kier molecular flexibility index (Phi) is 11.1. The number of benzene rings is 5. The molecule has 0 saturated carbocycles.